The summed E-state index contributed by atoms with van der Waals surface area (Å²) in [5.74, 6) is -0.0597. The molecule has 0 amide bonds. The van der Waals surface area contributed by atoms with E-state index in [1.807, 2.05) is 13.8 Å². The lowest BCUT2D eigenvalue weighted by molar-refractivity contribution is -0.148. The summed E-state index contributed by atoms with van der Waals surface area (Å²) in [5.41, 5.74) is 0.463. The number of esters is 1. The van der Waals surface area contributed by atoms with E-state index in [2.05, 4.69) is 10.2 Å². The van der Waals surface area contributed by atoms with Crippen LogP contribution < -0.4 is 5.32 Å². The van der Waals surface area contributed by atoms with Crippen LogP contribution in [0, 0.1) is 11.3 Å². The molecule has 0 aromatic heterocycles. The van der Waals surface area contributed by atoms with E-state index in [1.165, 1.54) is 32.2 Å². The minimum absolute atomic E-state index is 0.00773. The Morgan fingerprint density at radius 2 is 2.21 bits per heavy atom. The molecule has 4 heteroatoms. The first-order valence-corrected chi connectivity index (χ1v) is 7.75. The fourth-order valence-corrected chi connectivity index (χ4v) is 3.59. The highest BCUT2D eigenvalue weighted by atomic mass is 16.5. The molecule has 0 aliphatic carbocycles. The van der Waals surface area contributed by atoms with Gasteiger partial charge in [0.15, 0.2) is 0 Å². The summed E-state index contributed by atoms with van der Waals surface area (Å²) in [6.45, 7) is 9.78. The number of nitrogens with zero attached hydrogens (tertiary/aromatic N) is 1. The van der Waals surface area contributed by atoms with Gasteiger partial charge in [-0.05, 0) is 51.1 Å². The zero-order chi connectivity index (χ0) is 13.7. The third-order valence-corrected chi connectivity index (χ3v) is 4.52. The van der Waals surface area contributed by atoms with Gasteiger partial charge in [0.05, 0.1) is 12.5 Å². The number of hydrogen-bond acceptors (Lipinski definition) is 4. The SMILES string of the molecule is CCOC(=O)C(C)CN1CCCC2(CCCNC2)C1. The van der Waals surface area contributed by atoms with Gasteiger partial charge >= 0.3 is 5.97 Å². The Hall–Kier alpha value is -0.610. The van der Waals surface area contributed by atoms with Gasteiger partial charge in [0.2, 0.25) is 0 Å². The number of ether oxygens (including phenoxy) is 1. The largest absolute Gasteiger partial charge is 0.466 e. The van der Waals surface area contributed by atoms with Crippen molar-refractivity contribution in [1.29, 1.82) is 0 Å². The molecule has 2 saturated heterocycles. The van der Waals surface area contributed by atoms with Crippen LogP contribution in [0.3, 0.4) is 0 Å². The monoisotopic (exact) mass is 268 g/mol. The van der Waals surface area contributed by atoms with E-state index in [0.717, 1.165) is 26.2 Å². The van der Waals surface area contributed by atoms with Crippen molar-refractivity contribution >= 4 is 5.97 Å². The summed E-state index contributed by atoms with van der Waals surface area (Å²) in [7, 11) is 0. The minimum atomic E-state index is -0.0520. The third-order valence-electron chi connectivity index (χ3n) is 4.52. The molecule has 4 nitrogen and oxygen atoms in total. The lowest BCUT2D eigenvalue weighted by Crippen LogP contribution is -2.52. The van der Waals surface area contributed by atoms with Crippen LogP contribution in [0.15, 0.2) is 0 Å². The van der Waals surface area contributed by atoms with Gasteiger partial charge in [0.1, 0.15) is 0 Å². The second-order valence-corrected chi connectivity index (χ2v) is 6.27. The molecule has 19 heavy (non-hydrogen) atoms. The molecule has 2 atom stereocenters. The fourth-order valence-electron chi connectivity index (χ4n) is 3.59. The van der Waals surface area contributed by atoms with Crippen molar-refractivity contribution in [2.45, 2.75) is 39.5 Å². The average Bonchev–Trinajstić information content (AvgIpc) is 2.40. The van der Waals surface area contributed by atoms with Crippen LogP contribution in [0.1, 0.15) is 39.5 Å². The van der Waals surface area contributed by atoms with Crippen LogP contribution in [0.2, 0.25) is 0 Å². The van der Waals surface area contributed by atoms with Crippen LogP contribution in [0.5, 0.6) is 0 Å². The van der Waals surface area contributed by atoms with Gasteiger partial charge in [0, 0.05) is 19.6 Å². The molecule has 1 N–H and O–H groups in total. The Morgan fingerprint density at radius 3 is 2.89 bits per heavy atom. The van der Waals surface area contributed by atoms with Gasteiger partial charge in [-0.15, -0.1) is 0 Å². The van der Waals surface area contributed by atoms with E-state index in [1.54, 1.807) is 0 Å². The van der Waals surface area contributed by atoms with Crippen LogP contribution >= 0.6 is 0 Å². The van der Waals surface area contributed by atoms with E-state index in [4.69, 9.17) is 4.74 Å². The molecule has 2 aliphatic heterocycles. The van der Waals surface area contributed by atoms with Crippen LogP contribution in [-0.2, 0) is 9.53 Å². The van der Waals surface area contributed by atoms with E-state index < -0.39 is 0 Å². The lowest BCUT2D eigenvalue weighted by Gasteiger charge is -2.46. The topological polar surface area (TPSA) is 41.6 Å². The number of hydrogen-bond donors (Lipinski definition) is 1. The molecule has 2 fully saturated rings. The molecular weight excluding hydrogens is 240 g/mol. The summed E-state index contributed by atoms with van der Waals surface area (Å²) in [5, 5.41) is 3.54. The Labute approximate surface area is 116 Å². The smallest absolute Gasteiger partial charge is 0.309 e. The molecule has 2 aliphatic rings. The summed E-state index contributed by atoms with van der Waals surface area (Å²) in [4.78, 5) is 14.2. The Balaban J connectivity index is 1.85. The van der Waals surface area contributed by atoms with Gasteiger partial charge in [-0.25, -0.2) is 0 Å². The number of carbonyl (C=O) groups excluding carboxylic acids is 1. The average molecular weight is 268 g/mol. The molecule has 0 radical (unpaired) electrons. The van der Waals surface area contributed by atoms with Gasteiger partial charge in [-0.2, -0.15) is 0 Å². The second-order valence-electron chi connectivity index (χ2n) is 6.27. The van der Waals surface area contributed by atoms with Gasteiger partial charge in [-0.1, -0.05) is 6.92 Å². The standard InChI is InChI=1S/C15H28N2O2/c1-3-19-14(18)13(2)10-17-9-5-7-15(12-17)6-4-8-16-11-15/h13,16H,3-12H2,1-2H3. The highest BCUT2D eigenvalue weighted by Gasteiger charge is 2.37. The molecule has 0 bridgehead atoms. The number of rotatable bonds is 4. The normalized spacial score (nSPS) is 30.2. The number of piperidine rings is 2. The zero-order valence-electron chi connectivity index (χ0n) is 12.4. The summed E-state index contributed by atoms with van der Waals surface area (Å²) < 4.78 is 5.10. The predicted molar refractivity (Wildman–Crippen MR) is 76.0 cm³/mol. The van der Waals surface area contributed by atoms with E-state index in [9.17, 15) is 4.79 Å². The van der Waals surface area contributed by atoms with Crippen LogP contribution in [0.4, 0.5) is 0 Å². The molecule has 110 valence electrons. The van der Waals surface area contributed by atoms with Gasteiger partial charge in [-0.3, -0.25) is 4.79 Å². The summed E-state index contributed by atoms with van der Waals surface area (Å²) in [6, 6.07) is 0. The van der Waals surface area contributed by atoms with Crippen molar-refractivity contribution in [3.8, 4) is 0 Å². The number of carbonyl (C=O) groups is 1. The summed E-state index contributed by atoms with van der Waals surface area (Å²) in [6.07, 6.45) is 5.23. The van der Waals surface area contributed by atoms with Gasteiger partial charge in [0.25, 0.3) is 0 Å². The maximum atomic E-state index is 11.7. The maximum absolute atomic E-state index is 11.7. The van der Waals surface area contributed by atoms with Crippen LogP contribution in [-0.4, -0.2) is 50.2 Å². The first-order chi connectivity index (χ1) is 9.15. The third kappa shape index (κ3) is 3.93. The van der Waals surface area contributed by atoms with Crippen molar-refractivity contribution < 1.29 is 9.53 Å². The van der Waals surface area contributed by atoms with Crippen molar-refractivity contribution in [1.82, 2.24) is 10.2 Å². The first-order valence-electron chi connectivity index (χ1n) is 7.75. The molecule has 1 spiro atoms. The van der Waals surface area contributed by atoms with E-state index in [-0.39, 0.29) is 11.9 Å². The number of likely N-dealkylation sites (tertiary alicyclic amines) is 1. The summed E-state index contributed by atoms with van der Waals surface area (Å²) >= 11 is 0. The van der Waals surface area contributed by atoms with Gasteiger partial charge < -0.3 is 15.0 Å². The van der Waals surface area contributed by atoms with Crippen molar-refractivity contribution in [2.24, 2.45) is 11.3 Å². The fraction of sp³-hybridized carbons (Fsp3) is 0.933. The van der Waals surface area contributed by atoms with Crippen molar-refractivity contribution in [3.63, 3.8) is 0 Å². The highest BCUT2D eigenvalue weighted by molar-refractivity contribution is 5.72. The molecule has 0 aromatic rings. The molecular formula is C15H28N2O2. The predicted octanol–water partition coefficient (Wildman–Crippen LogP) is 1.65. The molecule has 2 rings (SSSR count). The molecule has 2 unspecified atom stereocenters. The van der Waals surface area contributed by atoms with E-state index >= 15 is 0 Å². The zero-order valence-corrected chi connectivity index (χ0v) is 12.4. The lowest BCUT2D eigenvalue weighted by atomic mass is 9.74. The Morgan fingerprint density at radius 1 is 1.42 bits per heavy atom. The molecule has 2 heterocycles. The Bertz CT molecular complexity index is 295. The highest BCUT2D eigenvalue weighted by Crippen LogP contribution is 2.36. The van der Waals surface area contributed by atoms with Crippen LogP contribution in [0.25, 0.3) is 0 Å². The number of nitrogens with one attached hydrogen (secondary N) is 1. The molecule has 0 saturated carbocycles. The van der Waals surface area contributed by atoms with Crippen molar-refractivity contribution in [3.05, 3.63) is 0 Å². The second kappa shape index (κ2) is 6.71. The first kappa shape index (κ1) is 14.8. The Kier molecular flexibility index (Phi) is 5.22. The quantitative estimate of drug-likeness (QED) is 0.787. The minimum Gasteiger partial charge on any atom is -0.466 e. The van der Waals surface area contributed by atoms with E-state index in [0.29, 0.717) is 12.0 Å². The van der Waals surface area contributed by atoms with Crippen molar-refractivity contribution in [2.75, 3.05) is 39.3 Å². The molecule has 0 aromatic carbocycles. The maximum Gasteiger partial charge on any atom is 0.309 e.